The second-order valence-corrected chi connectivity index (χ2v) is 4.53. The molecule has 1 atom stereocenters. The summed E-state index contributed by atoms with van der Waals surface area (Å²) in [5.41, 5.74) is 0.253. The van der Waals surface area contributed by atoms with Gasteiger partial charge in [0.2, 0.25) is 0 Å². The van der Waals surface area contributed by atoms with Crippen LogP contribution in [0.15, 0.2) is 35.0 Å². The number of halogens is 2. The molecule has 4 nitrogen and oxygen atoms in total. The van der Waals surface area contributed by atoms with E-state index in [2.05, 4.69) is 5.16 Å². The number of rotatable bonds is 5. The summed E-state index contributed by atoms with van der Waals surface area (Å²) in [5, 5.41) is 3.83. The molecule has 0 saturated carbocycles. The first-order valence-corrected chi connectivity index (χ1v) is 6.51. The van der Waals surface area contributed by atoms with Crippen molar-refractivity contribution in [3.8, 4) is 0 Å². The van der Waals surface area contributed by atoms with Gasteiger partial charge in [-0.3, -0.25) is 4.79 Å². The maximum absolute atomic E-state index is 13.8. The number of hydrogen-bond donors (Lipinski definition) is 0. The van der Waals surface area contributed by atoms with Crippen molar-refractivity contribution >= 4 is 17.6 Å². The summed E-state index contributed by atoms with van der Waals surface area (Å²) in [7, 11) is 0. The van der Waals surface area contributed by atoms with Crippen molar-refractivity contribution in [2.24, 2.45) is 0 Å². The monoisotopic (exact) mass is 297 g/mol. The molecule has 2 aromatic rings. The first kappa shape index (κ1) is 14.5. The molecular weight excluding hydrogens is 285 g/mol. The lowest BCUT2D eigenvalue weighted by atomic mass is 9.96. The number of benzene rings is 1. The summed E-state index contributed by atoms with van der Waals surface area (Å²) < 4.78 is 23.8. The molecule has 0 fully saturated rings. The van der Waals surface area contributed by atoms with E-state index in [0.717, 1.165) is 0 Å². The van der Waals surface area contributed by atoms with E-state index in [4.69, 9.17) is 20.9 Å². The van der Waals surface area contributed by atoms with Crippen LogP contribution < -0.4 is 0 Å². The summed E-state index contributed by atoms with van der Waals surface area (Å²) in [6, 6.07) is 5.93. The van der Waals surface area contributed by atoms with Crippen LogP contribution in [0.2, 0.25) is 5.02 Å². The normalized spacial score (nSPS) is 12.2. The minimum Gasteiger partial charge on any atom is -0.465 e. The van der Waals surface area contributed by atoms with Crippen LogP contribution in [-0.2, 0) is 16.0 Å². The van der Waals surface area contributed by atoms with Crippen LogP contribution >= 0.6 is 11.6 Å². The highest BCUT2D eigenvalue weighted by atomic mass is 35.5. The van der Waals surface area contributed by atoms with Gasteiger partial charge < -0.3 is 9.26 Å². The van der Waals surface area contributed by atoms with Gasteiger partial charge in [-0.05, 0) is 25.5 Å². The standard InChI is InChI=1S/C14H13ClFNO3/c1-2-19-14(18)10(13-6-7-17-20-13)8-9-11(15)4-3-5-12(9)16/h3-7,10H,2,8H2,1H3/t10-/m0/s1. The highest BCUT2D eigenvalue weighted by molar-refractivity contribution is 6.31. The molecule has 0 radical (unpaired) electrons. The lowest BCUT2D eigenvalue weighted by molar-refractivity contribution is -0.145. The number of carbonyl (C=O) groups is 1. The van der Waals surface area contributed by atoms with Gasteiger partial charge in [0, 0.05) is 16.7 Å². The van der Waals surface area contributed by atoms with Crippen LogP contribution in [0.4, 0.5) is 4.39 Å². The van der Waals surface area contributed by atoms with Crippen LogP contribution in [0.1, 0.15) is 24.2 Å². The van der Waals surface area contributed by atoms with E-state index >= 15 is 0 Å². The van der Waals surface area contributed by atoms with Gasteiger partial charge in [-0.2, -0.15) is 0 Å². The van der Waals surface area contributed by atoms with E-state index in [1.54, 1.807) is 19.1 Å². The average Bonchev–Trinajstić information content (AvgIpc) is 2.92. The van der Waals surface area contributed by atoms with Crippen molar-refractivity contribution in [3.63, 3.8) is 0 Å². The molecule has 1 aromatic carbocycles. The SMILES string of the molecule is CCOC(=O)[C@@H](Cc1c(F)cccc1Cl)c1ccno1. The van der Waals surface area contributed by atoms with E-state index in [0.29, 0.717) is 5.76 Å². The zero-order chi connectivity index (χ0) is 14.5. The molecule has 0 aliphatic heterocycles. The first-order chi connectivity index (χ1) is 9.63. The van der Waals surface area contributed by atoms with Gasteiger partial charge in [-0.25, -0.2) is 4.39 Å². The van der Waals surface area contributed by atoms with E-state index in [9.17, 15) is 9.18 Å². The Morgan fingerprint density at radius 3 is 2.90 bits per heavy atom. The predicted octanol–water partition coefficient (Wildman–Crippen LogP) is 3.36. The zero-order valence-electron chi connectivity index (χ0n) is 10.8. The highest BCUT2D eigenvalue weighted by Gasteiger charge is 2.27. The van der Waals surface area contributed by atoms with Crippen LogP contribution in [0.25, 0.3) is 0 Å². The molecule has 0 unspecified atom stereocenters. The first-order valence-electron chi connectivity index (χ1n) is 6.13. The molecule has 1 heterocycles. The van der Waals surface area contributed by atoms with Crippen LogP contribution in [0.5, 0.6) is 0 Å². The Hall–Kier alpha value is -1.88. The molecular formula is C14H13ClFNO3. The maximum atomic E-state index is 13.8. The maximum Gasteiger partial charge on any atom is 0.317 e. The Morgan fingerprint density at radius 2 is 2.30 bits per heavy atom. The Bertz CT molecular complexity index is 566. The average molecular weight is 298 g/mol. The molecule has 0 N–H and O–H groups in total. The third-order valence-corrected chi connectivity index (χ3v) is 3.20. The molecule has 1 aromatic heterocycles. The van der Waals surface area contributed by atoms with Gasteiger partial charge >= 0.3 is 5.97 Å². The van der Waals surface area contributed by atoms with Gasteiger partial charge in [-0.15, -0.1) is 0 Å². The van der Waals surface area contributed by atoms with Crippen molar-refractivity contribution in [2.75, 3.05) is 6.61 Å². The number of carbonyl (C=O) groups excluding carboxylic acids is 1. The molecule has 0 aliphatic carbocycles. The number of aromatic nitrogens is 1. The molecule has 0 aliphatic rings. The molecule has 0 saturated heterocycles. The predicted molar refractivity (Wildman–Crippen MR) is 71.0 cm³/mol. The molecule has 0 amide bonds. The van der Waals surface area contributed by atoms with E-state index < -0.39 is 17.7 Å². The molecule has 106 valence electrons. The number of nitrogens with zero attached hydrogens (tertiary/aromatic N) is 1. The highest BCUT2D eigenvalue weighted by Crippen LogP contribution is 2.28. The van der Waals surface area contributed by atoms with Gasteiger partial charge in [0.15, 0.2) is 5.76 Å². The largest absolute Gasteiger partial charge is 0.465 e. The summed E-state index contributed by atoms with van der Waals surface area (Å²) in [4.78, 5) is 12.0. The fourth-order valence-corrected chi connectivity index (χ4v) is 2.12. The van der Waals surface area contributed by atoms with Crippen LogP contribution in [-0.4, -0.2) is 17.7 Å². The fourth-order valence-electron chi connectivity index (χ4n) is 1.88. The van der Waals surface area contributed by atoms with Crippen LogP contribution in [0.3, 0.4) is 0 Å². The Morgan fingerprint density at radius 1 is 1.50 bits per heavy atom. The summed E-state index contributed by atoms with van der Waals surface area (Å²) in [6.07, 6.45) is 1.48. The summed E-state index contributed by atoms with van der Waals surface area (Å²) >= 11 is 5.98. The van der Waals surface area contributed by atoms with Gasteiger partial charge in [0.05, 0.1) is 12.8 Å². The molecule has 2 rings (SSSR count). The minimum atomic E-state index is -0.771. The summed E-state index contributed by atoms with van der Waals surface area (Å²) in [6.45, 7) is 1.93. The number of ether oxygens (including phenoxy) is 1. The van der Waals surface area contributed by atoms with Crippen molar-refractivity contribution in [3.05, 3.63) is 52.6 Å². The lowest BCUT2D eigenvalue weighted by Gasteiger charge is -2.14. The Kier molecular flexibility index (Phi) is 4.74. The fraction of sp³-hybridized carbons (Fsp3) is 0.286. The van der Waals surface area contributed by atoms with Gasteiger partial charge in [0.1, 0.15) is 11.7 Å². The van der Waals surface area contributed by atoms with Crippen LogP contribution in [0, 0.1) is 5.82 Å². The quantitative estimate of drug-likeness (QED) is 0.794. The molecule has 0 bridgehead atoms. The van der Waals surface area contributed by atoms with E-state index in [1.807, 2.05) is 0 Å². The van der Waals surface area contributed by atoms with Gasteiger partial charge in [0.25, 0.3) is 0 Å². The lowest BCUT2D eigenvalue weighted by Crippen LogP contribution is -2.18. The third-order valence-electron chi connectivity index (χ3n) is 2.84. The second-order valence-electron chi connectivity index (χ2n) is 4.12. The van der Waals surface area contributed by atoms with Crippen molar-refractivity contribution in [1.29, 1.82) is 0 Å². The smallest absolute Gasteiger partial charge is 0.317 e. The van der Waals surface area contributed by atoms with Crippen molar-refractivity contribution in [2.45, 2.75) is 19.3 Å². The second kappa shape index (κ2) is 6.52. The Balaban J connectivity index is 2.31. The van der Waals surface area contributed by atoms with Gasteiger partial charge in [-0.1, -0.05) is 22.8 Å². The van der Waals surface area contributed by atoms with Crippen molar-refractivity contribution < 1.29 is 18.4 Å². The third kappa shape index (κ3) is 3.17. The summed E-state index contributed by atoms with van der Waals surface area (Å²) in [5.74, 6) is -1.41. The number of hydrogen-bond acceptors (Lipinski definition) is 4. The van der Waals surface area contributed by atoms with E-state index in [1.165, 1.54) is 18.3 Å². The Labute approximate surface area is 120 Å². The van der Waals surface area contributed by atoms with E-state index in [-0.39, 0.29) is 23.6 Å². The molecule has 0 spiro atoms. The molecule has 20 heavy (non-hydrogen) atoms. The molecule has 6 heteroatoms. The zero-order valence-corrected chi connectivity index (χ0v) is 11.6. The van der Waals surface area contributed by atoms with Crippen molar-refractivity contribution in [1.82, 2.24) is 5.16 Å². The number of esters is 1. The topological polar surface area (TPSA) is 52.3 Å². The minimum absolute atomic E-state index is 0.0551.